The number of benzene rings is 2. The Morgan fingerprint density at radius 2 is 1.86 bits per heavy atom. The van der Waals surface area contributed by atoms with Gasteiger partial charge < -0.3 is 25.3 Å². The molecule has 0 aliphatic rings. The van der Waals surface area contributed by atoms with Crippen LogP contribution in [0.5, 0.6) is 17.2 Å². The van der Waals surface area contributed by atoms with Gasteiger partial charge in [-0.25, -0.2) is 4.98 Å². The number of ether oxygens (including phenoxy) is 3. The fraction of sp³-hybridized carbons (Fsp3) is 0.333. The van der Waals surface area contributed by atoms with Crippen molar-refractivity contribution in [3.8, 4) is 17.2 Å². The van der Waals surface area contributed by atoms with E-state index in [1.54, 1.807) is 7.11 Å². The monoisotopic (exact) mass is 397 g/mol. The van der Waals surface area contributed by atoms with E-state index in [2.05, 4.69) is 20.5 Å². The first-order valence-electron chi connectivity index (χ1n) is 9.58. The van der Waals surface area contributed by atoms with Crippen molar-refractivity contribution in [3.05, 3.63) is 59.7 Å². The van der Waals surface area contributed by atoms with Crippen LogP contribution in [-0.2, 0) is 6.54 Å². The van der Waals surface area contributed by atoms with Gasteiger partial charge >= 0.3 is 0 Å². The number of methoxy groups -OCH3 is 1. The van der Waals surface area contributed by atoms with Crippen LogP contribution in [0.1, 0.15) is 37.1 Å². The number of hydrogen-bond donors (Lipinski definition) is 3. The minimum absolute atomic E-state index is 0.480. The lowest BCUT2D eigenvalue weighted by Gasteiger charge is -2.14. The molecular formula is C21H27N5O3. The quantitative estimate of drug-likeness (QED) is 0.482. The summed E-state index contributed by atoms with van der Waals surface area (Å²) in [5.41, 5.74) is 8.17. The summed E-state index contributed by atoms with van der Waals surface area (Å²) in [7, 11) is 1.64. The molecule has 0 unspecified atom stereocenters. The van der Waals surface area contributed by atoms with Gasteiger partial charge in [-0.05, 0) is 43.7 Å². The van der Waals surface area contributed by atoms with Crippen molar-refractivity contribution >= 4 is 5.69 Å². The lowest BCUT2D eigenvalue weighted by Crippen LogP contribution is -2.14. The Kier molecular flexibility index (Phi) is 6.91. The molecule has 1 aromatic heterocycles. The van der Waals surface area contributed by atoms with Crippen molar-refractivity contribution in [2.75, 3.05) is 25.6 Å². The van der Waals surface area contributed by atoms with E-state index in [1.807, 2.05) is 56.3 Å². The summed E-state index contributed by atoms with van der Waals surface area (Å²) in [6.45, 7) is 5.46. The average molecular weight is 397 g/mol. The Balaban J connectivity index is 1.69. The minimum Gasteiger partial charge on any atom is -0.497 e. The van der Waals surface area contributed by atoms with Gasteiger partial charge in [0.25, 0.3) is 0 Å². The fourth-order valence-electron chi connectivity index (χ4n) is 2.86. The summed E-state index contributed by atoms with van der Waals surface area (Å²) >= 11 is 0. The molecule has 0 amide bonds. The molecule has 0 saturated carbocycles. The largest absolute Gasteiger partial charge is 0.497 e. The molecule has 0 spiro atoms. The maximum atomic E-state index is 6.39. The minimum atomic E-state index is -0.480. The molecule has 3 rings (SSSR count). The number of nitrogens with zero attached hydrogens (tertiary/aromatic N) is 2. The van der Waals surface area contributed by atoms with Gasteiger partial charge in [-0.3, -0.25) is 5.10 Å². The summed E-state index contributed by atoms with van der Waals surface area (Å²) in [6, 6.07) is 12.9. The molecule has 4 N–H and O–H groups in total. The van der Waals surface area contributed by atoms with E-state index in [0.717, 1.165) is 17.0 Å². The molecule has 1 atom stereocenters. The van der Waals surface area contributed by atoms with Crippen molar-refractivity contribution in [3.63, 3.8) is 0 Å². The zero-order valence-electron chi connectivity index (χ0n) is 16.9. The molecule has 3 aromatic rings. The molecule has 1 heterocycles. The number of nitrogens with one attached hydrogen (secondary N) is 2. The number of nitrogens with two attached hydrogens (primary N) is 1. The fourth-order valence-corrected chi connectivity index (χ4v) is 2.86. The number of hydrogen-bond acceptors (Lipinski definition) is 7. The highest BCUT2D eigenvalue weighted by molar-refractivity contribution is 5.48. The molecule has 8 heteroatoms. The third-order valence-corrected chi connectivity index (χ3v) is 4.28. The summed E-state index contributed by atoms with van der Waals surface area (Å²) < 4.78 is 16.5. The highest BCUT2D eigenvalue weighted by atomic mass is 16.5. The second kappa shape index (κ2) is 9.79. The van der Waals surface area contributed by atoms with Crippen LogP contribution in [-0.4, -0.2) is 35.5 Å². The van der Waals surface area contributed by atoms with Gasteiger partial charge in [-0.1, -0.05) is 12.1 Å². The maximum absolute atomic E-state index is 6.39. The first-order chi connectivity index (χ1) is 14.1. The van der Waals surface area contributed by atoms with Crippen molar-refractivity contribution in [2.45, 2.75) is 26.4 Å². The van der Waals surface area contributed by atoms with E-state index in [4.69, 9.17) is 19.9 Å². The lowest BCUT2D eigenvalue weighted by atomic mass is 10.1. The van der Waals surface area contributed by atoms with Crippen molar-refractivity contribution < 1.29 is 14.2 Å². The molecule has 2 aromatic carbocycles. The van der Waals surface area contributed by atoms with Crippen LogP contribution in [0, 0.1) is 0 Å². The Labute approximate surface area is 170 Å². The second-order valence-corrected chi connectivity index (χ2v) is 6.28. The summed E-state index contributed by atoms with van der Waals surface area (Å²) in [5.74, 6) is 3.35. The molecule has 0 fully saturated rings. The van der Waals surface area contributed by atoms with E-state index in [9.17, 15) is 0 Å². The molecule has 0 aliphatic carbocycles. The topological polar surface area (TPSA) is 107 Å². The van der Waals surface area contributed by atoms with Gasteiger partial charge in [0.1, 0.15) is 11.6 Å². The lowest BCUT2D eigenvalue weighted by molar-refractivity contribution is 0.287. The Bertz CT molecular complexity index is 928. The van der Waals surface area contributed by atoms with Gasteiger partial charge in [-0.15, -0.1) is 0 Å². The zero-order valence-corrected chi connectivity index (χ0v) is 16.9. The van der Waals surface area contributed by atoms with Crippen LogP contribution in [0.2, 0.25) is 0 Å². The van der Waals surface area contributed by atoms with E-state index in [1.165, 1.54) is 0 Å². The van der Waals surface area contributed by atoms with E-state index in [-0.39, 0.29) is 0 Å². The van der Waals surface area contributed by atoms with E-state index in [0.29, 0.717) is 42.9 Å². The molecule has 0 radical (unpaired) electrons. The van der Waals surface area contributed by atoms with Crippen molar-refractivity contribution in [2.24, 2.45) is 5.73 Å². The van der Waals surface area contributed by atoms with Crippen molar-refractivity contribution in [1.29, 1.82) is 0 Å². The second-order valence-electron chi connectivity index (χ2n) is 6.28. The molecule has 8 nitrogen and oxygen atoms in total. The smallest absolute Gasteiger partial charge is 0.171 e. The van der Waals surface area contributed by atoms with E-state index < -0.39 is 6.04 Å². The molecule has 0 bridgehead atoms. The Hall–Kier alpha value is -3.26. The first kappa shape index (κ1) is 20.5. The van der Waals surface area contributed by atoms with Crippen LogP contribution in [0.25, 0.3) is 0 Å². The maximum Gasteiger partial charge on any atom is 0.171 e. The Morgan fingerprint density at radius 1 is 1.07 bits per heavy atom. The molecule has 29 heavy (non-hydrogen) atoms. The summed E-state index contributed by atoms with van der Waals surface area (Å²) in [4.78, 5) is 4.52. The van der Waals surface area contributed by atoms with Crippen LogP contribution in [0.15, 0.2) is 42.5 Å². The zero-order chi connectivity index (χ0) is 20.6. The number of aromatic amines is 1. The Morgan fingerprint density at radius 3 is 2.62 bits per heavy atom. The highest BCUT2D eigenvalue weighted by Crippen LogP contribution is 2.31. The highest BCUT2D eigenvalue weighted by Gasteiger charge is 2.17. The third-order valence-electron chi connectivity index (χ3n) is 4.28. The van der Waals surface area contributed by atoms with Crippen LogP contribution < -0.4 is 25.3 Å². The van der Waals surface area contributed by atoms with Crippen LogP contribution in [0.4, 0.5) is 5.69 Å². The predicted octanol–water partition coefficient (Wildman–Crippen LogP) is 3.27. The molecule has 0 saturated heterocycles. The summed E-state index contributed by atoms with van der Waals surface area (Å²) in [6.07, 6.45) is 0. The average Bonchev–Trinajstić information content (AvgIpc) is 3.22. The molecular weight excluding hydrogens is 370 g/mol. The molecule has 0 aliphatic heterocycles. The number of rotatable bonds is 10. The van der Waals surface area contributed by atoms with Gasteiger partial charge in [0.05, 0.1) is 32.9 Å². The van der Waals surface area contributed by atoms with Gasteiger partial charge in [0, 0.05) is 11.8 Å². The van der Waals surface area contributed by atoms with Gasteiger partial charge in [0.15, 0.2) is 17.3 Å². The SMILES string of the molecule is CCOc1ccc([C@@H](N)c2n[nH]c(CNc3cccc(OC)c3)n2)cc1OCC. The first-order valence-corrected chi connectivity index (χ1v) is 9.58. The van der Waals surface area contributed by atoms with Crippen LogP contribution >= 0.6 is 0 Å². The van der Waals surface area contributed by atoms with Gasteiger partial charge in [-0.2, -0.15) is 5.10 Å². The predicted molar refractivity (Wildman–Crippen MR) is 112 cm³/mol. The standard InChI is InChI=1S/C21H27N5O3/c1-4-28-17-10-9-14(11-18(17)29-5-2)20(22)21-24-19(25-26-21)13-23-15-7-6-8-16(12-15)27-3/h6-12,20,23H,4-5,13,22H2,1-3H3,(H,24,25,26)/t20-/m1/s1. The van der Waals surface area contributed by atoms with Crippen LogP contribution in [0.3, 0.4) is 0 Å². The van der Waals surface area contributed by atoms with Gasteiger partial charge in [0.2, 0.25) is 0 Å². The van der Waals surface area contributed by atoms with Crippen molar-refractivity contribution in [1.82, 2.24) is 15.2 Å². The third kappa shape index (κ3) is 5.17. The molecule has 154 valence electrons. The number of aromatic nitrogens is 3. The normalized spacial score (nSPS) is 11.7. The number of H-pyrrole nitrogens is 1. The number of anilines is 1. The van der Waals surface area contributed by atoms with E-state index >= 15 is 0 Å². The summed E-state index contributed by atoms with van der Waals surface area (Å²) in [5, 5.41) is 10.5.